The Kier molecular flexibility index (Phi) is 9.91. The van der Waals surface area contributed by atoms with Gasteiger partial charge in [-0.05, 0) is 68.1 Å². The van der Waals surface area contributed by atoms with E-state index < -0.39 is 21.9 Å². The molecule has 1 aliphatic rings. The van der Waals surface area contributed by atoms with Crippen LogP contribution in [0, 0.1) is 5.82 Å². The Balaban J connectivity index is 1.72. The molecule has 1 N–H and O–H groups in total. The lowest BCUT2D eigenvalue weighted by molar-refractivity contribution is -0.141. The first kappa shape index (κ1) is 28.4. The third-order valence-electron chi connectivity index (χ3n) is 6.62. The highest BCUT2D eigenvalue weighted by Gasteiger charge is 2.29. The molecule has 3 rings (SSSR count). The van der Waals surface area contributed by atoms with Gasteiger partial charge >= 0.3 is 0 Å². The zero-order valence-corrected chi connectivity index (χ0v) is 22.5. The average molecular weight is 534 g/mol. The lowest BCUT2D eigenvalue weighted by atomic mass is 10.1. The first-order chi connectivity index (χ1) is 17.6. The summed E-state index contributed by atoms with van der Waals surface area (Å²) in [6.45, 7) is 1.97. The fourth-order valence-electron chi connectivity index (χ4n) is 4.55. The Morgan fingerprint density at radius 3 is 2.43 bits per heavy atom. The molecule has 202 valence electrons. The molecule has 1 unspecified atom stereocenters. The normalized spacial score (nSPS) is 14.7. The second-order valence-electron chi connectivity index (χ2n) is 9.45. The van der Waals surface area contributed by atoms with Crippen LogP contribution in [-0.4, -0.2) is 57.1 Å². The van der Waals surface area contributed by atoms with Crippen molar-refractivity contribution in [1.82, 2.24) is 10.2 Å². The predicted molar refractivity (Wildman–Crippen MR) is 141 cm³/mol. The van der Waals surface area contributed by atoms with E-state index in [9.17, 15) is 22.4 Å². The van der Waals surface area contributed by atoms with Crippen molar-refractivity contribution < 1.29 is 27.1 Å². The van der Waals surface area contributed by atoms with Gasteiger partial charge in [0.05, 0.1) is 19.1 Å². The molecule has 1 fully saturated rings. The molecule has 0 radical (unpaired) electrons. The van der Waals surface area contributed by atoms with Gasteiger partial charge in [0.25, 0.3) is 0 Å². The second-order valence-corrected chi connectivity index (χ2v) is 11.4. The van der Waals surface area contributed by atoms with E-state index in [-0.39, 0.29) is 43.8 Å². The quantitative estimate of drug-likeness (QED) is 0.447. The first-order valence-corrected chi connectivity index (χ1v) is 14.4. The van der Waals surface area contributed by atoms with Crippen LogP contribution < -0.4 is 14.4 Å². The third-order valence-corrected chi connectivity index (χ3v) is 7.82. The minimum atomic E-state index is -3.64. The van der Waals surface area contributed by atoms with E-state index >= 15 is 0 Å². The van der Waals surface area contributed by atoms with Crippen molar-refractivity contribution in [3.63, 3.8) is 0 Å². The van der Waals surface area contributed by atoms with E-state index in [2.05, 4.69) is 5.32 Å². The van der Waals surface area contributed by atoms with Gasteiger partial charge in [0.2, 0.25) is 21.8 Å². The number of nitrogens with zero attached hydrogens (tertiary/aromatic N) is 2. The Labute approximate surface area is 218 Å². The summed E-state index contributed by atoms with van der Waals surface area (Å²) in [6.07, 6.45) is 5.38. The molecule has 8 nitrogen and oxygen atoms in total. The predicted octanol–water partition coefficient (Wildman–Crippen LogP) is 3.86. The van der Waals surface area contributed by atoms with Crippen LogP contribution >= 0.6 is 0 Å². The van der Waals surface area contributed by atoms with Gasteiger partial charge in [0, 0.05) is 25.6 Å². The van der Waals surface area contributed by atoms with Crippen molar-refractivity contribution in [2.75, 3.05) is 24.2 Å². The maximum atomic E-state index is 13.4. The number of methoxy groups -OCH3 is 1. The molecule has 0 bridgehead atoms. The first-order valence-electron chi connectivity index (χ1n) is 12.5. The summed E-state index contributed by atoms with van der Waals surface area (Å²) in [5.74, 6) is -0.279. The summed E-state index contributed by atoms with van der Waals surface area (Å²) in [7, 11) is -2.08. The topological polar surface area (TPSA) is 96.0 Å². The molecular weight excluding hydrogens is 497 g/mol. The van der Waals surface area contributed by atoms with Crippen molar-refractivity contribution >= 4 is 27.5 Å². The Morgan fingerprint density at radius 2 is 1.81 bits per heavy atom. The van der Waals surface area contributed by atoms with Crippen molar-refractivity contribution in [2.24, 2.45) is 0 Å². The van der Waals surface area contributed by atoms with E-state index in [4.69, 9.17) is 4.74 Å². The minimum absolute atomic E-state index is 0.0399. The zero-order chi connectivity index (χ0) is 27.0. The van der Waals surface area contributed by atoms with Crippen molar-refractivity contribution in [3.05, 3.63) is 59.9 Å². The Hall–Kier alpha value is -3.14. The van der Waals surface area contributed by atoms with Crippen molar-refractivity contribution in [3.8, 4) is 5.75 Å². The molecule has 2 aromatic carbocycles. The molecule has 0 aliphatic heterocycles. The van der Waals surface area contributed by atoms with Gasteiger partial charge in [-0.3, -0.25) is 13.9 Å². The Bertz CT molecular complexity index is 1170. The number of carbonyl (C=O) groups excluding carboxylic acids is 2. The molecule has 2 amide bonds. The number of halogens is 1. The van der Waals surface area contributed by atoms with Gasteiger partial charge in [-0.2, -0.15) is 0 Å². The molecule has 1 atom stereocenters. The molecule has 1 aliphatic carbocycles. The van der Waals surface area contributed by atoms with Crippen LogP contribution in [0.3, 0.4) is 0 Å². The molecular formula is C27H36FN3O5S. The number of anilines is 1. The van der Waals surface area contributed by atoms with Crippen LogP contribution in [0.2, 0.25) is 0 Å². The molecule has 0 spiro atoms. The average Bonchev–Trinajstić information content (AvgIpc) is 3.38. The van der Waals surface area contributed by atoms with Crippen LogP contribution in [0.4, 0.5) is 10.1 Å². The van der Waals surface area contributed by atoms with Crippen LogP contribution in [0.5, 0.6) is 5.75 Å². The summed E-state index contributed by atoms with van der Waals surface area (Å²) in [6, 6.07) is 11.9. The Morgan fingerprint density at radius 1 is 1.14 bits per heavy atom. The number of benzene rings is 2. The number of hydrogen-bond acceptors (Lipinski definition) is 5. The van der Waals surface area contributed by atoms with Crippen molar-refractivity contribution in [2.45, 2.75) is 64.1 Å². The van der Waals surface area contributed by atoms with Crippen LogP contribution in [0.1, 0.15) is 51.0 Å². The smallest absolute Gasteiger partial charge is 0.242 e. The number of nitrogens with one attached hydrogen (secondary N) is 1. The van der Waals surface area contributed by atoms with E-state index in [1.165, 1.54) is 29.2 Å². The second kappa shape index (κ2) is 12.9. The summed E-state index contributed by atoms with van der Waals surface area (Å²) in [5.41, 5.74) is 1.14. The summed E-state index contributed by atoms with van der Waals surface area (Å²) < 4.78 is 44.5. The van der Waals surface area contributed by atoms with Gasteiger partial charge in [-0.1, -0.05) is 25.0 Å². The summed E-state index contributed by atoms with van der Waals surface area (Å²) in [4.78, 5) is 28.0. The maximum absolute atomic E-state index is 13.4. The lowest BCUT2D eigenvalue weighted by Gasteiger charge is -2.30. The number of rotatable bonds is 12. The monoisotopic (exact) mass is 533 g/mol. The van der Waals surface area contributed by atoms with Crippen LogP contribution in [0.15, 0.2) is 48.5 Å². The molecule has 1 saturated carbocycles. The van der Waals surface area contributed by atoms with E-state index in [0.717, 1.165) is 41.8 Å². The molecule has 10 heteroatoms. The number of carbonyl (C=O) groups is 2. The van der Waals surface area contributed by atoms with Gasteiger partial charge in [-0.15, -0.1) is 0 Å². The lowest BCUT2D eigenvalue weighted by Crippen LogP contribution is -2.49. The van der Waals surface area contributed by atoms with E-state index in [1.54, 1.807) is 20.1 Å². The SMILES string of the molecule is COc1cccc(CN(C(=O)CCCN(c2ccc(F)cc2)S(C)(=O)=O)C(C)C(=O)NC2CCCC2)c1. The third kappa shape index (κ3) is 8.18. The molecule has 2 aromatic rings. The van der Waals surface area contributed by atoms with Gasteiger partial charge in [0.1, 0.15) is 17.6 Å². The van der Waals surface area contributed by atoms with Gasteiger partial charge < -0.3 is 15.0 Å². The molecule has 0 aromatic heterocycles. The van der Waals surface area contributed by atoms with Gasteiger partial charge in [-0.25, -0.2) is 12.8 Å². The highest BCUT2D eigenvalue weighted by molar-refractivity contribution is 7.92. The molecule has 37 heavy (non-hydrogen) atoms. The van der Waals surface area contributed by atoms with Crippen LogP contribution in [-0.2, 0) is 26.2 Å². The highest BCUT2D eigenvalue weighted by atomic mass is 32.2. The zero-order valence-electron chi connectivity index (χ0n) is 21.7. The number of hydrogen-bond donors (Lipinski definition) is 1. The van der Waals surface area contributed by atoms with Crippen molar-refractivity contribution in [1.29, 1.82) is 0 Å². The maximum Gasteiger partial charge on any atom is 0.242 e. The fraction of sp³-hybridized carbons (Fsp3) is 0.481. The largest absolute Gasteiger partial charge is 0.497 e. The minimum Gasteiger partial charge on any atom is -0.497 e. The summed E-state index contributed by atoms with van der Waals surface area (Å²) >= 11 is 0. The number of sulfonamides is 1. The highest BCUT2D eigenvalue weighted by Crippen LogP contribution is 2.21. The standard InChI is InChI=1S/C27H36FN3O5S/c1-20(27(33)29-23-9-4-5-10-23)30(19-21-8-6-11-25(18-21)36-2)26(32)12-7-17-31(37(3,34)35)24-15-13-22(28)14-16-24/h6,8,11,13-16,18,20,23H,4-5,7,9-10,12,17,19H2,1-3H3,(H,29,33). The number of amides is 2. The fourth-order valence-corrected chi connectivity index (χ4v) is 5.52. The summed E-state index contributed by atoms with van der Waals surface area (Å²) in [5, 5.41) is 3.07. The van der Waals surface area contributed by atoms with E-state index in [0.29, 0.717) is 11.4 Å². The number of ether oxygens (including phenoxy) is 1. The molecule has 0 heterocycles. The van der Waals surface area contributed by atoms with Gasteiger partial charge in [0.15, 0.2) is 0 Å². The van der Waals surface area contributed by atoms with Crippen LogP contribution in [0.25, 0.3) is 0 Å². The van der Waals surface area contributed by atoms with E-state index in [1.807, 2.05) is 18.2 Å². The molecule has 0 saturated heterocycles.